The number of nitrogens with two attached hydrogens (primary N) is 1. The largest absolute Gasteiger partial charge is 0.508 e. The Morgan fingerprint density at radius 2 is 1.39 bits per heavy atom. The quantitative estimate of drug-likeness (QED) is 0.680. The summed E-state index contributed by atoms with van der Waals surface area (Å²) in [6.07, 6.45) is 0. The molecule has 2 nitrogen and oxygen atoms in total. The van der Waals surface area contributed by atoms with Crippen LogP contribution in [0, 0.1) is 13.8 Å². The van der Waals surface area contributed by atoms with E-state index in [9.17, 15) is 0 Å². The van der Waals surface area contributed by atoms with E-state index in [1.165, 1.54) is 11.1 Å². The van der Waals surface area contributed by atoms with Crippen molar-refractivity contribution in [2.45, 2.75) is 27.7 Å². The Bertz CT molecular complexity index is 397. The predicted octanol–water partition coefficient (Wildman–Crippen LogP) is 4.30. The standard InChI is InChI=1S/C7H9N.C7H8O.C2H6/c1-6-3-2-4-7(8)5-6;1-6-2-4-7(8)5-3-6;1-2/h2-5H,8H2,1H3;2-5,8H,1H3;1-2H3. The molecule has 2 rings (SSSR count). The van der Waals surface area contributed by atoms with Crippen LogP contribution in [-0.2, 0) is 0 Å². The van der Waals surface area contributed by atoms with Crippen molar-refractivity contribution in [3.63, 3.8) is 0 Å². The van der Waals surface area contributed by atoms with E-state index in [2.05, 4.69) is 0 Å². The van der Waals surface area contributed by atoms with E-state index in [1.807, 2.05) is 64.1 Å². The van der Waals surface area contributed by atoms with Gasteiger partial charge in [-0.3, -0.25) is 0 Å². The second kappa shape index (κ2) is 9.11. The van der Waals surface area contributed by atoms with Gasteiger partial charge in [0.15, 0.2) is 0 Å². The van der Waals surface area contributed by atoms with E-state index in [1.54, 1.807) is 12.1 Å². The van der Waals surface area contributed by atoms with E-state index >= 15 is 0 Å². The number of aromatic hydroxyl groups is 1. The van der Waals surface area contributed by atoms with Crippen molar-refractivity contribution in [1.82, 2.24) is 0 Å². The van der Waals surface area contributed by atoms with Crippen LogP contribution in [0.3, 0.4) is 0 Å². The summed E-state index contributed by atoms with van der Waals surface area (Å²) < 4.78 is 0. The molecule has 0 amide bonds. The van der Waals surface area contributed by atoms with Gasteiger partial charge in [-0.2, -0.15) is 0 Å². The molecule has 0 bridgehead atoms. The van der Waals surface area contributed by atoms with Crippen molar-refractivity contribution in [2.24, 2.45) is 0 Å². The van der Waals surface area contributed by atoms with Gasteiger partial charge in [-0.25, -0.2) is 0 Å². The molecule has 0 saturated heterocycles. The van der Waals surface area contributed by atoms with Crippen LogP contribution in [0.1, 0.15) is 25.0 Å². The average Bonchev–Trinajstić information content (AvgIpc) is 2.36. The first-order valence-corrected chi connectivity index (χ1v) is 6.16. The van der Waals surface area contributed by atoms with Crippen molar-refractivity contribution in [1.29, 1.82) is 0 Å². The maximum Gasteiger partial charge on any atom is 0.115 e. The fourth-order valence-electron chi connectivity index (χ4n) is 1.21. The van der Waals surface area contributed by atoms with Crippen LogP contribution in [0.5, 0.6) is 5.75 Å². The van der Waals surface area contributed by atoms with Gasteiger partial charge in [0.1, 0.15) is 5.75 Å². The Kier molecular flexibility index (Phi) is 8.12. The normalized spacial score (nSPS) is 8.44. The van der Waals surface area contributed by atoms with Gasteiger partial charge in [-0.05, 0) is 43.7 Å². The summed E-state index contributed by atoms with van der Waals surface area (Å²) in [6, 6.07) is 14.9. The third-order valence-corrected chi connectivity index (χ3v) is 2.08. The van der Waals surface area contributed by atoms with Gasteiger partial charge in [0, 0.05) is 5.69 Å². The molecule has 0 aromatic heterocycles. The first-order chi connectivity index (χ1) is 8.58. The van der Waals surface area contributed by atoms with Gasteiger partial charge in [0.25, 0.3) is 0 Å². The Hall–Kier alpha value is -1.96. The molecule has 98 valence electrons. The third-order valence-electron chi connectivity index (χ3n) is 2.08. The monoisotopic (exact) mass is 245 g/mol. The number of hydrogen-bond donors (Lipinski definition) is 2. The number of hydrogen-bond acceptors (Lipinski definition) is 2. The summed E-state index contributed by atoms with van der Waals surface area (Å²) >= 11 is 0. The summed E-state index contributed by atoms with van der Waals surface area (Å²) in [5, 5.41) is 8.76. The maximum atomic E-state index is 8.76. The lowest BCUT2D eigenvalue weighted by atomic mass is 10.2. The fourth-order valence-corrected chi connectivity index (χ4v) is 1.21. The minimum absolute atomic E-state index is 0.329. The van der Waals surface area contributed by atoms with Crippen molar-refractivity contribution in [3.05, 3.63) is 59.7 Å². The van der Waals surface area contributed by atoms with E-state index < -0.39 is 0 Å². The molecule has 0 spiro atoms. The van der Waals surface area contributed by atoms with E-state index in [-0.39, 0.29) is 0 Å². The van der Waals surface area contributed by atoms with E-state index in [4.69, 9.17) is 10.8 Å². The molecule has 2 heteroatoms. The lowest BCUT2D eigenvalue weighted by Crippen LogP contribution is -1.82. The van der Waals surface area contributed by atoms with Crippen LogP contribution in [0.15, 0.2) is 48.5 Å². The molecule has 0 heterocycles. The molecule has 0 saturated carbocycles. The summed E-state index contributed by atoms with van der Waals surface area (Å²) in [5.41, 5.74) is 8.68. The molecule has 0 aliphatic carbocycles. The second-order valence-electron chi connectivity index (χ2n) is 3.75. The van der Waals surface area contributed by atoms with Crippen LogP contribution in [0.4, 0.5) is 5.69 Å². The number of phenols is 1. The number of rotatable bonds is 0. The molecule has 0 fully saturated rings. The molecule has 2 aromatic carbocycles. The molecule has 3 N–H and O–H groups in total. The zero-order valence-electron chi connectivity index (χ0n) is 11.6. The summed E-state index contributed by atoms with van der Waals surface area (Å²) in [7, 11) is 0. The van der Waals surface area contributed by atoms with Crippen LogP contribution in [0.2, 0.25) is 0 Å². The smallest absolute Gasteiger partial charge is 0.115 e. The summed E-state index contributed by atoms with van der Waals surface area (Å²) in [4.78, 5) is 0. The molecule has 0 radical (unpaired) electrons. The minimum atomic E-state index is 0.329. The van der Waals surface area contributed by atoms with Gasteiger partial charge in [-0.15, -0.1) is 0 Å². The second-order valence-corrected chi connectivity index (χ2v) is 3.75. The highest BCUT2D eigenvalue weighted by Crippen LogP contribution is 2.07. The molecule has 0 aliphatic heterocycles. The minimum Gasteiger partial charge on any atom is -0.508 e. The third kappa shape index (κ3) is 7.34. The Morgan fingerprint density at radius 1 is 0.833 bits per heavy atom. The van der Waals surface area contributed by atoms with Crippen LogP contribution in [-0.4, -0.2) is 5.11 Å². The predicted molar refractivity (Wildman–Crippen MR) is 79.8 cm³/mol. The lowest BCUT2D eigenvalue weighted by molar-refractivity contribution is 0.475. The Labute approximate surface area is 110 Å². The molecule has 18 heavy (non-hydrogen) atoms. The topological polar surface area (TPSA) is 46.2 Å². The number of anilines is 1. The van der Waals surface area contributed by atoms with Crippen molar-refractivity contribution in [3.8, 4) is 5.75 Å². The average molecular weight is 245 g/mol. The molecular formula is C16H23NO. The number of nitrogen functional groups attached to an aromatic ring is 1. The zero-order chi connectivity index (χ0) is 14.0. The first-order valence-electron chi connectivity index (χ1n) is 6.16. The van der Waals surface area contributed by atoms with E-state index in [0.717, 1.165) is 5.69 Å². The molecule has 0 unspecified atom stereocenters. The van der Waals surface area contributed by atoms with Gasteiger partial charge in [-0.1, -0.05) is 43.7 Å². The van der Waals surface area contributed by atoms with E-state index in [0.29, 0.717) is 5.75 Å². The van der Waals surface area contributed by atoms with Gasteiger partial charge in [0.2, 0.25) is 0 Å². The van der Waals surface area contributed by atoms with Crippen LogP contribution in [0.25, 0.3) is 0 Å². The van der Waals surface area contributed by atoms with Crippen molar-refractivity contribution < 1.29 is 5.11 Å². The fraction of sp³-hybridized carbons (Fsp3) is 0.250. The molecule has 0 atom stereocenters. The molecular weight excluding hydrogens is 222 g/mol. The zero-order valence-corrected chi connectivity index (χ0v) is 11.6. The number of aryl methyl sites for hydroxylation is 2. The number of benzene rings is 2. The Balaban J connectivity index is 0.000000283. The number of phenolic OH excluding ortho intramolecular Hbond substituents is 1. The van der Waals surface area contributed by atoms with Gasteiger partial charge >= 0.3 is 0 Å². The highest BCUT2D eigenvalue weighted by atomic mass is 16.3. The molecule has 0 aliphatic rings. The highest BCUT2D eigenvalue weighted by Gasteiger charge is 1.82. The maximum absolute atomic E-state index is 8.76. The van der Waals surface area contributed by atoms with Crippen LogP contribution >= 0.6 is 0 Å². The highest BCUT2D eigenvalue weighted by molar-refractivity contribution is 5.39. The Morgan fingerprint density at radius 3 is 1.72 bits per heavy atom. The first kappa shape index (κ1) is 16.0. The van der Waals surface area contributed by atoms with Crippen molar-refractivity contribution in [2.75, 3.05) is 5.73 Å². The van der Waals surface area contributed by atoms with Gasteiger partial charge < -0.3 is 10.8 Å². The molecule has 2 aromatic rings. The van der Waals surface area contributed by atoms with Crippen molar-refractivity contribution >= 4 is 5.69 Å². The summed E-state index contributed by atoms with van der Waals surface area (Å²) in [5.74, 6) is 0.329. The summed E-state index contributed by atoms with van der Waals surface area (Å²) in [6.45, 7) is 8.01. The SMILES string of the molecule is CC.Cc1ccc(O)cc1.Cc1cccc(N)c1. The van der Waals surface area contributed by atoms with Crippen LogP contribution < -0.4 is 5.73 Å². The van der Waals surface area contributed by atoms with Gasteiger partial charge in [0.05, 0.1) is 0 Å². The lowest BCUT2D eigenvalue weighted by Gasteiger charge is -1.91.